The van der Waals surface area contributed by atoms with Gasteiger partial charge in [0.2, 0.25) is 0 Å². The van der Waals surface area contributed by atoms with Gasteiger partial charge < -0.3 is 0 Å². The molecule has 0 saturated heterocycles. The molecule has 1 radical (unpaired) electrons. The van der Waals surface area contributed by atoms with Crippen molar-refractivity contribution in [3.63, 3.8) is 0 Å². The molecule has 0 spiro atoms. The molecule has 11 heavy (non-hydrogen) atoms. The molecule has 1 heterocycles. The molecule has 0 N–H and O–H groups in total. The summed E-state index contributed by atoms with van der Waals surface area (Å²) >= 11 is 0. The number of nitrogens with zero attached hydrogens (tertiary/aromatic N) is 1. The average molecular weight is 152 g/mol. The van der Waals surface area contributed by atoms with Crippen LogP contribution in [0, 0.1) is 5.92 Å². The molecule has 2 nitrogen and oxygen atoms in total. The van der Waals surface area contributed by atoms with Gasteiger partial charge in [-0.2, -0.15) is 0 Å². The van der Waals surface area contributed by atoms with Crippen LogP contribution < -0.4 is 0 Å². The van der Waals surface area contributed by atoms with E-state index in [9.17, 15) is 4.79 Å². The Bertz CT molecular complexity index is 172. The normalized spacial score (nSPS) is 19.7. The van der Waals surface area contributed by atoms with E-state index in [4.69, 9.17) is 0 Å². The predicted octanol–water partition coefficient (Wildman–Crippen LogP) is 1.04. The standard InChI is InChI=1S/C9H14NO/c1-8(2)6-10-5-3-4-9(11)7-10/h3-4H,5-7H2,1-2H3. The first-order chi connectivity index (χ1) is 5.18. The van der Waals surface area contributed by atoms with Gasteiger partial charge in [-0.15, -0.1) is 0 Å². The number of carbonyl (C=O) groups excluding carboxylic acids is 1. The zero-order chi connectivity index (χ0) is 8.27. The van der Waals surface area contributed by atoms with E-state index in [1.807, 2.05) is 6.08 Å². The molecule has 0 saturated carbocycles. The van der Waals surface area contributed by atoms with Gasteiger partial charge in [0, 0.05) is 13.1 Å². The summed E-state index contributed by atoms with van der Waals surface area (Å²) in [5.74, 6) is 1.57. The Balaban J connectivity index is 2.37. The van der Waals surface area contributed by atoms with Gasteiger partial charge in [0.1, 0.15) is 0 Å². The highest BCUT2D eigenvalue weighted by molar-refractivity contribution is 5.92. The topological polar surface area (TPSA) is 20.3 Å². The highest BCUT2D eigenvalue weighted by Crippen LogP contribution is 2.03. The van der Waals surface area contributed by atoms with E-state index in [0.29, 0.717) is 6.54 Å². The van der Waals surface area contributed by atoms with E-state index in [1.54, 1.807) is 6.08 Å². The number of hydrogen-bond acceptors (Lipinski definition) is 2. The second-order valence-electron chi connectivity index (χ2n) is 3.25. The first-order valence-electron chi connectivity index (χ1n) is 3.89. The third-order valence-corrected chi connectivity index (χ3v) is 1.59. The van der Waals surface area contributed by atoms with Gasteiger partial charge in [0.25, 0.3) is 0 Å². The fourth-order valence-corrected chi connectivity index (χ4v) is 1.24. The first-order valence-corrected chi connectivity index (χ1v) is 3.89. The SMILES string of the molecule is C[C](C)CN1CC=CC(=O)C1. The fraction of sp³-hybridized carbons (Fsp3) is 0.556. The van der Waals surface area contributed by atoms with Crippen molar-refractivity contribution in [2.24, 2.45) is 0 Å². The van der Waals surface area contributed by atoms with E-state index >= 15 is 0 Å². The summed E-state index contributed by atoms with van der Waals surface area (Å²) in [6, 6.07) is 0. The van der Waals surface area contributed by atoms with Crippen molar-refractivity contribution in [3.8, 4) is 0 Å². The van der Waals surface area contributed by atoms with Gasteiger partial charge in [-0.05, 0) is 12.0 Å². The Morgan fingerprint density at radius 3 is 2.91 bits per heavy atom. The minimum atomic E-state index is 0.220. The maximum absolute atomic E-state index is 10.9. The fourth-order valence-electron chi connectivity index (χ4n) is 1.24. The molecule has 0 atom stereocenters. The Labute approximate surface area is 67.9 Å². The molecule has 1 rings (SSSR count). The molecule has 1 aliphatic heterocycles. The molecule has 0 aliphatic carbocycles. The number of hydrogen-bond donors (Lipinski definition) is 0. The summed E-state index contributed by atoms with van der Waals surface area (Å²) in [5, 5.41) is 0. The third kappa shape index (κ3) is 2.85. The number of ketones is 1. The third-order valence-electron chi connectivity index (χ3n) is 1.59. The second-order valence-corrected chi connectivity index (χ2v) is 3.25. The van der Waals surface area contributed by atoms with Crippen LogP contribution in [0.3, 0.4) is 0 Å². The molecule has 61 valence electrons. The van der Waals surface area contributed by atoms with Crippen LogP contribution in [-0.2, 0) is 4.79 Å². The quantitative estimate of drug-likeness (QED) is 0.589. The van der Waals surface area contributed by atoms with Crippen molar-refractivity contribution in [2.45, 2.75) is 13.8 Å². The molecule has 0 unspecified atom stereocenters. The summed E-state index contributed by atoms with van der Waals surface area (Å²) in [6.45, 7) is 6.61. The molecule has 0 aromatic rings. The molecule has 0 amide bonds. The van der Waals surface area contributed by atoms with Crippen LogP contribution in [0.1, 0.15) is 13.8 Å². The lowest BCUT2D eigenvalue weighted by Crippen LogP contribution is -2.34. The van der Waals surface area contributed by atoms with Crippen molar-refractivity contribution in [1.29, 1.82) is 0 Å². The van der Waals surface area contributed by atoms with Crippen molar-refractivity contribution in [3.05, 3.63) is 18.1 Å². The minimum Gasteiger partial charge on any atom is -0.293 e. The van der Waals surface area contributed by atoms with Crippen LogP contribution in [0.5, 0.6) is 0 Å². The summed E-state index contributed by atoms with van der Waals surface area (Å²) < 4.78 is 0. The number of carbonyl (C=O) groups is 1. The van der Waals surface area contributed by atoms with Gasteiger partial charge in [0.15, 0.2) is 5.78 Å². The van der Waals surface area contributed by atoms with Crippen LogP contribution >= 0.6 is 0 Å². The molecule has 0 bridgehead atoms. The molecule has 0 fully saturated rings. The Hall–Kier alpha value is -0.630. The van der Waals surface area contributed by atoms with Crippen molar-refractivity contribution in [1.82, 2.24) is 4.90 Å². The van der Waals surface area contributed by atoms with Crippen LogP contribution in [-0.4, -0.2) is 30.3 Å². The van der Waals surface area contributed by atoms with Gasteiger partial charge >= 0.3 is 0 Å². The molecular weight excluding hydrogens is 138 g/mol. The monoisotopic (exact) mass is 152 g/mol. The largest absolute Gasteiger partial charge is 0.293 e. The predicted molar refractivity (Wildman–Crippen MR) is 45.2 cm³/mol. The van der Waals surface area contributed by atoms with Gasteiger partial charge in [0.05, 0.1) is 6.54 Å². The van der Waals surface area contributed by atoms with Crippen LogP contribution in [0.4, 0.5) is 0 Å². The highest BCUT2D eigenvalue weighted by Gasteiger charge is 2.12. The van der Waals surface area contributed by atoms with Crippen molar-refractivity contribution in [2.75, 3.05) is 19.6 Å². The van der Waals surface area contributed by atoms with E-state index in [2.05, 4.69) is 18.7 Å². The molecule has 2 heteroatoms. The van der Waals surface area contributed by atoms with E-state index < -0.39 is 0 Å². The smallest absolute Gasteiger partial charge is 0.169 e. The Morgan fingerprint density at radius 1 is 1.64 bits per heavy atom. The van der Waals surface area contributed by atoms with Crippen LogP contribution in [0.15, 0.2) is 12.2 Å². The van der Waals surface area contributed by atoms with E-state index in [0.717, 1.165) is 13.1 Å². The lowest BCUT2D eigenvalue weighted by molar-refractivity contribution is -0.116. The van der Waals surface area contributed by atoms with Gasteiger partial charge in [-0.1, -0.05) is 19.9 Å². The maximum Gasteiger partial charge on any atom is 0.169 e. The van der Waals surface area contributed by atoms with Crippen LogP contribution in [0.25, 0.3) is 0 Å². The highest BCUT2D eigenvalue weighted by atomic mass is 16.1. The lowest BCUT2D eigenvalue weighted by atomic mass is 10.1. The minimum absolute atomic E-state index is 0.220. The van der Waals surface area contributed by atoms with Gasteiger partial charge in [-0.25, -0.2) is 0 Å². The Kier molecular flexibility index (Phi) is 2.83. The van der Waals surface area contributed by atoms with Crippen molar-refractivity contribution < 1.29 is 4.79 Å². The zero-order valence-corrected chi connectivity index (χ0v) is 7.13. The average Bonchev–Trinajstić information content (AvgIpc) is 1.85. The summed E-state index contributed by atoms with van der Waals surface area (Å²) in [5.41, 5.74) is 0. The molecule has 0 aromatic carbocycles. The molecule has 0 aromatic heterocycles. The maximum atomic E-state index is 10.9. The van der Waals surface area contributed by atoms with Crippen LogP contribution in [0.2, 0.25) is 0 Å². The first kappa shape index (κ1) is 8.47. The zero-order valence-electron chi connectivity index (χ0n) is 7.13. The molecular formula is C9H14NO. The summed E-state index contributed by atoms with van der Waals surface area (Å²) in [7, 11) is 0. The van der Waals surface area contributed by atoms with Crippen molar-refractivity contribution >= 4 is 5.78 Å². The number of rotatable bonds is 2. The van der Waals surface area contributed by atoms with Gasteiger partial charge in [-0.3, -0.25) is 9.69 Å². The summed E-state index contributed by atoms with van der Waals surface area (Å²) in [4.78, 5) is 13.1. The lowest BCUT2D eigenvalue weighted by Gasteiger charge is -2.23. The Morgan fingerprint density at radius 2 is 2.36 bits per heavy atom. The second kappa shape index (κ2) is 3.67. The van der Waals surface area contributed by atoms with E-state index in [1.165, 1.54) is 5.92 Å². The summed E-state index contributed by atoms with van der Waals surface area (Å²) in [6.07, 6.45) is 3.59. The van der Waals surface area contributed by atoms with E-state index in [-0.39, 0.29) is 5.78 Å². The molecule has 1 aliphatic rings.